The van der Waals surface area contributed by atoms with Gasteiger partial charge in [-0.3, -0.25) is 9.32 Å². The highest BCUT2D eigenvalue weighted by Crippen LogP contribution is 2.25. The first kappa shape index (κ1) is 39.1. The molecule has 0 bridgehead atoms. The van der Waals surface area contributed by atoms with Gasteiger partial charge in [0.2, 0.25) is 0 Å². The molecular formula is C34H69NO4SSi. The Morgan fingerprint density at radius 3 is 1.93 bits per heavy atom. The van der Waals surface area contributed by atoms with E-state index in [1.54, 1.807) is 0 Å². The van der Waals surface area contributed by atoms with Crippen molar-refractivity contribution in [3.8, 4) is 0 Å². The second-order valence-electron chi connectivity index (χ2n) is 12.4. The van der Waals surface area contributed by atoms with E-state index in [2.05, 4.69) is 26.3 Å². The molecule has 0 spiro atoms. The van der Waals surface area contributed by atoms with Crippen molar-refractivity contribution >= 4 is 25.7 Å². The third-order valence-electron chi connectivity index (χ3n) is 8.36. The fourth-order valence-electron chi connectivity index (χ4n) is 5.55. The predicted molar refractivity (Wildman–Crippen MR) is 180 cm³/mol. The van der Waals surface area contributed by atoms with E-state index >= 15 is 0 Å². The average Bonchev–Trinajstić information content (AvgIpc) is 2.96. The average molecular weight is 616 g/mol. The lowest BCUT2D eigenvalue weighted by atomic mass is 9.97. The summed E-state index contributed by atoms with van der Waals surface area (Å²) in [6.45, 7) is 9.03. The van der Waals surface area contributed by atoms with Crippen LogP contribution in [0.1, 0.15) is 175 Å². The fraction of sp³-hybridized carbons (Fsp3) is 0.971. The van der Waals surface area contributed by atoms with Crippen LogP contribution >= 0.6 is 11.8 Å². The summed E-state index contributed by atoms with van der Waals surface area (Å²) in [5.74, 6) is 1.43. The normalized spacial score (nSPS) is 19.7. The zero-order valence-corrected chi connectivity index (χ0v) is 29.4. The molecule has 0 aromatic carbocycles. The SMILES string of the molecule is CCCCCCCCCCCCC1CCO[Si](CCCSC(=O)CCCC)(OCCCCCCCCCC)ONC1. The van der Waals surface area contributed by atoms with Crippen molar-refractivity contribution in [2.45, 2.75) is 181 Å². The summed E-state index contributed by atoms with van der Waals surface area (Å²) in [4.78, 5) is 12.1. The summed E-state index contributed by atoms with van der Waals surface area (Å²) >= 11 is 1.47. The van der Waals surface area contributed by atoms with Crippen LogP contribution in [-0.2, 0) is 18.2 Å². The van der Waals surface area contributed by atoms with Gasteiger partial charge < -0.3 is 8.85 Å². The molecule has 5 nitrogen and oxygen atoms in total. The van der Waals surface area contributed by atoms with Crippen molar-refractivity contribution in [3.05, 3.63) is 0 Å². The first-order valence-electron chi connectivity index (χ1n) is 18.0. The molecule has 7 heteroatoms. The van der Waals surface area contributed by atoms with Crippen molar-refractivity contribution in [1.82, 2.24) is 5.48 Å². The Hall–Kier alpha value is 0.0769. The van der Waals surface area contributed by atoms with E-state index in [0.29, 0.717) is 24.1 Å². The molecule has 0 aromatic rings. The van der Waals surface area contributed by atoms with Gasteiger partial charge in [0.15, 0.2) is 5.12 Å². The summed E-state index contributed by atoms with van der Waals surface area (Å²) in [5, 5.41) is 0.315. The Morgan fingerprint density at radius 2 is 1.32 bits per heavy atom. The molecule has 1 aliphatic heterocycles. The largest absolute Gasteiger partial charge is 0.517 e. The van der Waals surface area contributed by atoms with Crippen LogP contribution in [0.5, 0.6) is 0 Å². The highest BCUT2D eigenvalue weighted by Gasteiger charge is 2.42. The minimum Gasteiger partial charge on any atom is -0.373 e. The number of unbranched alkanes of at least 4 members (excludes halogenated alkanes) is 17. The molecule has 1 N–H and O–H groups in total. The summed E-state index contributed by atoms with van der Waals surface area (Å²) in [6.07, 6.45) is 30.1. The van der Waals surface area contributed by atoms with Crippen molar-refractivity contribution in [2.75, 3.05) is 25.5 Å². The van der Waals surface area contributed by atoms with Crippen molar-refractivity contribution < 1.29 is 18.2 Å². The number of hydrogen-bond acceptors (Lipinski definition) is 6. The molecule has 1 fully saturated rings. The number of hydroxylamine groups is 1. The fourth-order valence-corrected chi connectivity index (χ4v) is 9.00. The van der Waals surface area contributed by atoms with Crippen molar-refractivity contribution in [2.24, 2.45) is 5.92 Å². The molecule has 1 aliphatic rings. The molecule has 1 saturated heterocycles. The maximum Gasteiger partial charge on any atom is 0.517 e. The van der Waals surface area contributed by atoms with Gasteiger partial charge in [0, 0.05) is 38.0 Å². The molecule has 0 amide bonds. The Labute approximate surface area is 261 Å². The minimum atomic E-state index is -2.78. The number of rotatable bonds is 28. The summed E-state index contributed by atoms with van der Waals surface area (Å²) in [6, 6.07) is 0.786. The lowest BCUT2D eigenvalue weighted by molar-refractivity contribution is -0.111. The lowest BCUT2D eigenvalue weighted by Crippen LogP contribution is -2.52. The van der Waals surface area contributed by atoms with Crippen LogP contribution in [0.3, 0.4) is 0 Å². The highest BCUT2D eigenvalue weighted by atomic mass is 32.2. The van der Waals surface area contributed by atoms with Gasteiger partial charge >= 0.3 is 8.80 Å². The van der Waals surface area contributed by atoms with E-state index in [9.17, 15) is 4.79 Å². The Morgan fingerprint density at radius 1 is 0.756 bits per heavy atom. The molecule has 0 aliphatic carbocycles. The number of hydrogen-bond donors (Lipinski definition) is 1. The molecule has 244 valence electrons. The molecule has 1 heterocycles. The smallest absolute Gasteiger partial charge is 0.373 e. The minimum absolute atomic E-state index is 0.315. The summed E-state index contributed by atoms with van der Waals surface area (Å²) in [5.41, 5.74) is 3.31. The van der Waals surface area contributed by atoms with Crippen LogP contribution in [-0.4, -0.2) is 39.4 Å². The van der Waals surface area contributed by atoms with Crippen LogP contribution in [0.25, 0.3) is 0 Å². The van der Waals surface area contributed by atoms with E-state index < -0.39 is 8.80 Å². The van der Waals surface area contributed by atoms with Crippen LogP contribution in [0.4, 0.5) is 0 Å². The molecule has 1 rings (SSSR count). The quantitative estimate of drug-likeness (QED) is 0.0698. The number of nitrogens with one attached hydrogen (secondary N) is 1. The van der Waals surface area contributed by atoms with Crippen LogP contribution in [0.2, 0.25) is 6.04 Å². The topological polar surface area (TPSA) is 56.8 Å². The monoisotopic (exact) mass is 615 g/mol. The maximum atomic E-state index is 12.1. The lowest BCUT2D eigenvalue weighted by Gasteiger charge is -2.33. The van der Waals surface area contributed by atoms with Gasteiger partial charge in [-0.1, -0.05) is 148 Å². The number of carbonyl (C=O) groups excluding carboxylic acids is 1. The zero-order valence-electron chi connectivity index (χ0n) is 27.6. The van der Waals surface area contributed by atoms with Crippen molar-refractivity contribution in [1.29, 1.82) is 0 Å². The third kappa shape index (κ3) is 23.2. The van der Waals surface area contributed by atoms with Crippen LogP contribution in [0.15, 0.2) is 0 Å². The van der Waals surface area contributed by atoms with Crippen LogP contribution < -0.4 is 5.48 Å². The standard InChI is InChI=1S/C34H69NO4SSi/c1-4-7-10-12-14-16-17-18-20-22-25-33-27-29-38-41(39-35-32-33,31-24-30-40-34(36)26-9-6-3)37-28-23-21-19-15-13-11-8-5-2/h33,35H,4-32H2,1-3H3. The second-order valence-corrected chi connectivity index (χ2v) is 16.2. The number of carbonyl (C=O) groups is 1. The molecule has 2 atom stereocenters. The second kappa shape index (κ2) is 28.8. The van der Waals surface area contributed by atoms with Gasteiger partial charge in [-0.25, -0.2) is 5.48 Å². The van der Waals surface area contributed by atoms with E-state index in [0.717, 1.165) is 57.1 Å². The van der Waals surface area contributed by atoms with Crippen LogP contribution in [0, 0.1) is 5.92 Å². The highest BCUT2D eigenvalue weighted by molar-refractivity contribution is 8.13. The van der Waals surface area contributed by atoms with E-state index in [4.69, 9.17) is 13.4 Å². The Balaban J connectivity index is 2.34. The van der Waals surface area contributed by atoms with Gasteiger partial charge in [0.05, 0.1) is 0 Å². The molecular weight excluding hydrogens is 547 g/mol. The van der Waals surface area contributed by atoms with E-state index in [-0.39, 0.29) is 0 Å². The van der Waals surface area contributed by atoms with Gasteiger partial charge in [0.25, 0.3) is 0 Å². The Bertz CT molecular complexity index is 573. The van der Waals surface area contributed by atoms with Gasteiger partial charge in [-0.2, -0.15) is 0 Å². The number of thioether (sulfide) groups is 1. The zero-order chi connectivity index (χ0) is 29.7. The van der Waals surface area contributed by atoms with Crippen molar-refractivity contribution in [3.63, 3.8) is 0 Å². The summed E-state index contributed by atoms with van der Waals surface area (Å²) < 4.78 is 19.2. The van der Waals surface area contributed by atoms with E-state index in [1.165, 1.54) is 127 Å². The molecule has 0 aromatic heterocycles. The molecule has 0 radical (unpaired) electrons. The molecule has 0 saturated carbocycles. The first-order chi connectivity index (χ1) is 20.2. The first-order valence-corrected chi connectivity index (χ1v) is 20.9. The van der Waals surface area contributed by atoms with Gasteiger partial charge in [-0.15, -0.1) is 0 Å². The maximum absolute atomic E-state index is 12.1. The third-order valence-corrected chi connectivity index (χ3v) is 12.1. The molecule has 41 heavy (non-hydrogen) atoms. The predicted octanol–water partition coefficient (Wildman–Crippen LogP) is 10.8. The molecule has 2 unspecified atom stereocenters. The van der Waals surface area contributed by atoms with E-state index in [1.807, 2.05) is 0 Å². The summed E-state index contributed by atoms with van der Waals surface area (Å²) in [7, 11) is -2.78. The van der Waals surface area contributed by atoms with Gasteiger partial charge in [-0.05, 0) is 38.0 Å². The Kier molecular flexibility index (Phi) is 27.5. The van der Waals surface area contributed by atoms with Gasteiger partial charge in [0.1, 0.15) is 0 Å².